The fourth-order valence-corrected chi connectivity index (χ4v) is 5.40. The van der Waals surface area contributed by atoms with Crippen LogP contribution >= 0.6 is 11.8 Å². The Bertz CT molecular complexity index is 1040. The molecule has 2 aromatic rings. The van der Waals surface area contributed by atoms with Crippen molar-refractivity contribution in [3.05, 3.63) is 59.7 Å². The zero-order valence-electron chi connectivity index (χ0n) is 17.6. The van der Waals surface area contributed by atoms with E-state index in [1.807, 2.05) is 49.4 Å². The predicted octanol–water partition coefficient (Wildman–Crippen LogP) is 2.56. The fourth-order valence-electron chi connectivity index (χ4n) is 3.26. The van der Waals surface area contributed by atoms with E-state index in [1.54, 1.807) is 13.0 Å². The Hall–Kier alpha value is -2.52. The maximum Gasteiger partial charge on any atom is 0.236 e. The van der Waals surface area contributed by atoms with Crippen LogP contribution in [0.5, 0.6) is 0 Å². The van der Waals surface area contributed by atoms with E-state index in [9.17, 15) is 18.0 Å². The van der Waals surface area contributed by atoms with Crippen molar-refractivity contribution in [2.24, 2.45) is 0 Å². The number of amides is 2. The molecule has 0 aromatic heterocycles. The number of thioether (sulfide) groups is 1. The molecule has 2 aromatic carbocycles. The third-order valence-corrected chi connectivity index (χ3v) is 7.92. The number of carbonyl (C=O) groups excluding carboxylic acids is 2. The van der Waals surface area contributed by atoms with E-state index in [4.69, 9.17) is 0 Å². The highest BCUT2D eigenvalue weighted by Crippen LogP contribution is 2.29. The first-order valence-electron chi connectivity index (χ1n) is 10.1. The number of rotatable bonds is 9. The standard InChI is InChI=1S/C22H27N3O4S2/c1-16-7-9-19(10-8-16)24-21(26)15-30-17(2)22(27)23-12-14-31(28,29)25-13-11-18-5-3-4-6-20(18)25/h3-10,17H,11-15H2,1-2H3,(H,23,27)(H,24,26). The SMILES string of the molecule is Cc1ccc(NC(=O)CSC(C)C(=O)NCCS(=O)(=O)N2CCc3ccccc32)cc1. The van der Waals surface area contributed by atoms with Crippen LogP contribution in [0.2, 0.25) is 0 Å². The summed E-state index contributed by atoms with van der Waals surface area (Å²) in [5.41, 5.74) is 3.55. The summed E-state index contributed by atoms with van der Waals surface area (Å²) in [4.78, 5) is 24.4. The van der Waals surface area contributed by atoms with Gasteiger partial charge < -0.3 is 10.6 Å². The Kier molecular flexibility index (Phi) is 7.61. The molecule has 0 saturated carbocycles. The number of fused-ring (bicyclic) bond motifs is 1. The van der Waals surface area contributed by atoms with Gasteiger partial charge in [0.15, 0.2) is 0 Å². The number of carbonyl (C=O) groups is 2. The molecule has 1 unspecified atom stereocenters. The Labute approximate surface area is 187 Å². The minimum atomic E-state index is -3.51. The summed E-state index contributed by atoms with van der Waals surface area (Å²) >= 11 is 1.21. The Morgan fingerprint density at radius 1 is 1.13 bits per heavy atom. The number of nitrogens with zero attached hydrogens (tertiary/aromatic N) is 1. The maximum atomic E-state index is 12.7. The summed E-state index contributed by atoms with van der Waals surface area (Å²) in [5, 5.41) is 4.98. The van der Waals surface area contributed by atoms with Crippen LogP contribution in [0.25, 0.3) is 0 Å². The Morgan fingerprint density at radius 2 is 1.84 bits per heavy atom. The summed E-state index contributed by atoms with van der Waals surface area (Å²) in [6.45, 7) is 4.12. The van der Waals surface area contributed by atoms with Gasteiger partial charge in [0, 0.05) is 18.8 Å². The fraction of sp³-hybridized carbons (Fsp3) is 0.364. The smallest absolute Gasteiger partial charge is 0.236 e. The molecule has 0 fully saturated rings. The van der Waals surface area contributed by atoms with Crippen LogP contribution in [0, 0.1) is 6.92 Å². The van der Waals surface area contributed by atoms with E-state index in [0.717, 1.165) is 16.8 Å². The largest absolute Gasteiger partial charge is 0.354 e. The van der Waals surface area contributed by atoms with Gasteiger partial charge in [0.05, 0.1) is 22.4 Å². The van der Waals surface area contributed by atoms with Crippen molar-refractivity contribution in [1.29, 1.82) is 0 Å². The molecule has 0 spiro atoms. The van der Waals surface area contributed by atoms with Crippen LogP contribution in [0.1, 0.15) is 18.1 Å². The van der Waals surface area contributed by atoms with Gasteiger partial charge in [0.2, 0.25) is 21.8 Å². The summed E-state index contributed by atoms with van der Waals surface area (Å²) in [5.74, 6) is -0.516. The zero-order chi connectivity index (χ0) is 22.4. The molecule has 1 aliphatic heterocycles. The summed E-state index contributed by atoms with van der Waals surface area (Å²) < 4.78 is 26.8. The van der Waals surface area contributed by atoms with E-state index < -0.39 is 15.3 Å². The third-order valence-electron chi connectivity index (χ3n) is 5.01. The normalized spacial score (nSPS) is 14.1. The minimum absolute atomic E-state index is 0.0281. The molecule has 166 valence electrons. The topological polar surface area (TPSA) is 95.6 Å². The van der Waals surface area contributed by atoms with E-state index in [1.165, 1.54) is 16.1 Å². The van der Waals surface area contributed by atoms with Crippen LogP contribution < -0.4 is 14.9 Å². The molecule has 31 heavy (non-hydrogen) atoms. The number of hydrogen-bond acceptors (Lipinski definition) is 5. The number of para-hydroxylation sites is 1. The van der Waals surface area contributed by atoms with E-state index in [0.29, 0.717) is 18.7 Å². The van der Waals surface area contributed by atoms with Crippen molar-refractivity contribution in [1.82, 2.24) is 5.32 Å². The number of hydrogen-bond donors (Lipinski definition) is 2. The van der Waals surface area contributed by atoms with Gasteiger partial charge in [-0.2, -0.15) is 0 Å². The van der Waals surface area contributed by atoms with Gasteiger partial charge in [0.25, 0.3) is 0 Å². The second-order valence-electron chi connectivity index (χ2n) is 7.43. The van der Waals surface area contributed by atoms with Gasteiger partial charge in [-0.15, -0.1) is 11.8 Å². The Morgan fingerprint density at radius 3 is 2.58 bits per heavy atom. The molecule has 1 heterocycles. The lowest BCUT2D eigenvalue weighted by molar-refractivity contribution is -0.120. The lowest BCUT2D eigenvalue weighted by atomic mass is 10.2. The first kappa shape index (κ1) is 23.1. The summed E-state index contributed by atoms with van der Waals surface area (Å²) in [6.07, 6.45) is 0.695. The third kappa shape index (κ3) is 6.24. The average molecular weight is 462 g/mol. The van der Waals surface area contributed by atoms with Gasteiger partial charge in [-0.3, -0.25) is 13.9 Å². The quantitative estimate of drug-likeness (QED) is 0.598. The van der Waals surface area contributed by atoms with E-state index in [-0.39, 0.29) is 29.9 Å². The molecule has 0 saturated heterocycles. The number of sulfonamides is 1. The number of nitrogens with one attached hydrogen (secondary N) is 2. The molecule has 1 aliphatic rings. The van der Waals surface area contributed by atoms with Crippen LogP contribution in [0.4, 0.5) is 11.4 Å². The minimum Gasteiger partial charge on any atom is -0.354 e. The van der Waals surface area contributed by atoms with Crippen molar-refractivity contribution < 1.29 is 18.0 Å². The molecule has 0 bridgehead atoms. The average Bonchev–Trinajstić information content (AvgIpc) is 3.18. The summed E-state index contributed by atoms with van der Waals surface area (Å²) in [6, 6.07) is 14.9. The summed E-state index contributed by atoms with van der Waals surface area (Å²) in [7, 11) is -3.51. The molecule has 1 atom stereocenters. The van der Waals surface area contributed by atoms with Gasteiger partial charge in [-0.05, 0) is 44.0 Å². The van der Waals surface area contributed by atoms with Crippen LogP contribution in [0.15, 0.2) is 48.5 Å². The van der Waals surface area contributed by atoms with Crippen LogP contribution in [-0.4, -0.2) is 50.1 Å². The highest BCUT2D eigenvalue weighted by molar-refractivity contribution is 8.01. The maximum absolute atomic E-state index is 12.7. The van der Waals surface area contributed by atoms with Gasteiger partial charge in [-0.1, -0.05) is 35.9 Å². The van der Waals surface area contributed by atoms with Crippen molar-refractivity contribution in [3.8, 4) is 0 Å². The van der Waals surface area contributed by atoms with E-state index in [2.05, 4.69) is 10.6 Å². The van der Waals surface area contributed by atoms with Crippen molar-refractivity contribution in [2.75, 3.05) is 34.2 Å². The number of anilines is 2. The molecule has 2 N–H and O–H groups in total. The lowest BCUT2D eigenvalue weighted by Gasteiger charge is -2.20. The second-order valence-corrected chi connectivity index (χ2v) is 10.8. The molecule has 9 heteroatoms. The molecular weight excluding hydrogens is 434 g/mol. The Balaban J connectivity index is 1.41. The molecule has 0 radical (unpaired) electrons. The van der Waals surface area contributed by atoms with Crippen molar-refractivity contribution >= 4 is 45.0 Å². The highest BCUT2D eigenvalue weighted by Gasteiger charge is 2.29. The molecule has 3 rings (SSSR count). The van der Waals surface area contributed by atoms with Gasteiger partial charge in [0.1, 0.15) is 0 Å². The number of benzene rings is 2. The molecule has 2 amide bonds. The second kappa shape index (κ2) is 10.2. The molecule has 0 aliphatic carbocycles. The van der Waals surface area contributed by atoms with Crippen molar-refractivity contribution in [2.45, 2.75) is 25.5 Å². The van der Waals surface area contributed by atoms with Gasteiger partial charge in [-0.25, -0.2) is 8.42 Å². The van der Waals surface area contributed by atoms with Crippen molar-refractivity contribution in [3.63, 3.8) is 0 Å². The van der Waals surface area contributed by atoms with Crippen LogP contribution in [-0.2, 0) is 26.0 Å². The van der Waals surface area contributed by atoms with E-state index >= 15 is 0 Å². The molecule has 7 nitrogen and oxygen atoms in total. The monoisotopic (exact) mass is 461 g/mol. The predicted molar refractivity (Wildman–Crippen MR) is 126 cm³/mol. The number of aryl methyl sites for hydroxylation is 1. The molecular formula is C22H27N3O4S2. The highest BCUT2D eigenvalue weighted by atomic mass is 32.2. The van der Waals surface area contributed by atoms with Crippen LogP contribution in [0.3, 0.4) is 0 Å². The van der Waals surface area contributed by atoms with Gasteiger partial charge >= 0.3 is 0 Å². The zero-order valence-corrected chi connectivity index (χ0v) is 19.3. The lowest BCUT2D eigenvalue weighted by Crippen LogP contribution is -2.39. The first-order valence-corrected chi connectivity index (χ1v) is 12.8. The first-order chi connectivity index (χ1) is 14.8.